The summed E-state index contributed by atoms with van der Waals surface area (Å²) in [5, 5.41) is 0. The summed E-state index contributed by atoms with van der Waals surface area (Å²) in [7, 11) is 2.16. The van der Waals surface area contributed by atoms with E-state index < -0.39 is 0 Å². The third-order valence-corrected chi connectivity index (χ3v) is 5.98. The summed E-state index contributed by atoms with van der Waals surface area (Å²) in [4.78, 5) is 16.2. The molecule has 5 heteroatoms. The van der Waals surface area contributed by atoms with Crippen LogP contribution < -0.4 is 5.73 Å². The van der Waals surface area contributed by atoms with Crippen molar-refractivity contribution in [2.45, 2.75) is 25.4 Å². The number of piperidine rings is 1. The van der Waals surface area contributed by atoms with Crippen LogP contribution in [0.2, 0.25) is 0 Å². The number of ether oxygens (including phenoxy) is 1. The minimum atomic E-state index is -0.182. The van der Waals surface area contributed by atoms with E-state index in [2.05, 4.69) is 65.4 Å². The molecule has 1 saturated heterocycles. The van der Waals surface area contributed by atoms with E-state index in [-0.39, 0.29) is 17.9 Å². The highest BCUT2D eigenvalue weighted by atomic mass is 16.5. The third-order valence-electron chi connectivity index (χ3n) is 5.98. The van der Waals surface area contributed by atoms with Gasteiger partial charge in [0.1, 0.15) is 12.4 Å². The molecule has 1 amide bonds. The molecule has 4 rings (SSSR count). The molecule has 0 spiro atoms. The Balaban J connectivity index is 1.52. The number of benzene rings is 1. The molecule has 1 aromatic rings. The predicted octanol–water partition coefficient (Wildman–Crippen LogP) is 2.55. The average Bonchev–Trinajstić information content (AvgIpc) is 2.83. The lowest BCUT2D eigenvalue weighted by Gasteiger charge is -2.31. The van der Waals surface area contributed by atoms with Crippen molar-refractivity contribution < 1.29 is 9.53 Å². The van der Waals surface area contributed by atoms with Crippen LogP contribution in [0.4, 0.5) is 0 Å². The van der Waals surface area contributed by atoms with Crippen LogP contribution in [0.25, 0.3) is 5.76 Å². The molecule has 1 aromatic carbocycles. The molecule has 2 unspecified atom stereocenters. The van der Waals surface area contributed by atoms with Crippen molar-refractivity contribution in [3.05, 3.63) is 65.3 Å². The molecule has 0 radical (unpaired) electrons. The molecule has 5 nitrogen and oxygen atoms in total. The molecule has 2 aliphatic heterocycles. The second-order valence-electron chi connectivity index (χ2n) is 7.94. The quantitative estimate of drug-likeness (QED) is 0.854. The van der Waals surface area contributed by atoms with Crippen LogP contribution in [0.15, 0.2) is 54.1 Å². The molecule has 0 bridgehead atoms. The van der Waals surface area contributed by atoms with Gasteiger partial charge in [-0.2, -0.15) is 0 Å². The number of allylic oxidation sites excluding steroid dienone is 2. The normalized spacial score (nSPS) is 25.2. The minimum absolute atomic E-state index is 0.0289. The van der Waals surface area contributed by atoms with Gasteiger partial charge in [0.2, 0.25) is 5.91 Å². The van der Waals surface area contributed by atoms with E-state index in [1.54, 1.807) is 0 Å². The number of amides is 1. The largest absolute Gasteiger partial charge is 0.491 e. The highest BCUT2D eigenvalue weighted by Crippen LogP contribution is 2.34. The smallest absolute Gasteiger partial charge is 0.221 e. The fraction of sp³-hybridized carbons (Fsp3) is 0.435. The minimum Gasteiger partial charge on any atom is -0.491 e. The van der Waals surface area contributed by atoms with Crippen LogP contribution in [-0.2, 0) is 16.1 Å². The first-order valence-electron chi connectivity index (χ1n) is 10.2. The fourth-order valence-electron chi connectivity index (χ4n) is 4.46. The van der Waals surface area contributed by atoms with Crippen molar-refractivity contribution in [3.63, 3.8) is 0 Å². The number of carbonyl (C=O) groups is 1. The van der Waals surface area contributed by atoms with E-state index in [9.17, 15) is 4.79 Å². The number of likely N-dealkylation sites (tertiary alicyclic amines) is 1. The maximum atomic E-state index is 11.5. The zero-order chi connectivity index (χ0) is 19.5. The summed E-state index contributed by atoms with van der Waals surface area (Å²) in [5.41, 5.74) is 9.19. The van der Waals surface area contributed by atoms with Crippen LogP contribution in [0.1, 0.15) is 24.0 Å². The Hall–Kier alpha value is -2.37. The van der Waals surface area contributed by atoms with Crippen molar-refractivity contribution in [2.75, 3.05) is 33.3 Å². The number of likely N-dealkylation sites (N-methyl/N-ethyl adjacent to an activating group) is 1. The van der Waals surface area contributed by atoms with Crippen LogP contribution in [0.5, 0.6) is 0 Å². The van der Waals surface area contributed by atoms with Crippen LogP contribution >= 0.6 is 0 Å². The fourth-order valence-corrected chi connectivity index (χ4v) is 4.46. The molecular formula is C23H29N3O2. The molecule has 0 aromatic heterocycles. The highest BCUT2D eigenvalue weighted by Gasteiger charge is 2.28. The number of hydrogen-bond acceptors (Lipinski definition) is 4. The zero-order valence-corrected chi connectivity index (χ0v) is 16.5. The van der Waals surface area contributed by atoms with Crippen molar-refractivity contribution in [1.82, 2.24) is 9.80 Å². The van der Waals surface area contributed by atoms with E-state index in [0.717, 1.165) is 44.8 Å². The Morgan fingerprint density at radius 2 is 2.14 bits per heavy atom. The molecule has 1 aliphatic carbocycles. The van der Waals surface area contributed by atoms with E-state index in [1.807, 2.05) is 0 Å². The molecular weight excluding hydrogens is 350 g/mol. The topological polar surface area (TPSA) is 58.8 Å². The number of carbonyl (C=O) groups excluding carboxylic acids is 1. The molecule has 28 heavy (non-hydrogen) atoms. The van der Waals surface area contributed by atoms with Gasteiger partial charge >= 0.3 is 0 Å². The summed E-state index contributed by atoms with van der Waals surface area (Å²) in [5.74, 6) is 0.770. The van der Waals surface area contributed by atoms with Gasteiger partial charge in [-0.05, 0) is 32.0 Å². The summed E-state index contributed by atoms with van der Waals surface area (Å²) in [6.45, 7) is 4.05. The van der Waals surface area contributed by atoms with Crippen molar-refractivity contribution in [1.29, 1.82) is 0 Å². The summed E-state index contributed by atoms with van der Waals surface area (Å²) in [6, 6.07) is 8.73. The van der Waals surface area contributed by atoms with Gasteiger partial charge in [-0.1, -0.05) is 48.6 Å². The van der Waals surface area contributed by atoms with E-state index in [0.29, 0.717) is 6.61 Å². The molecule has 3 aliphatic rings. The van der Waals surface area contributed by atoms with Gasteiger partial charge < -0.3 is 10.5 Å². The summed E-state index contributed by atoms with van der Waals surface area (Å²) >= 11 is 0. The molecule has 148 valence electrons. The van der Waals surface area contributed by atoms with Crippen molar-refractivity contribution in [2.24, 2.45) is 11.7 Å². The van der Waals surface area contributed by atoms with Gasteiger partial charge in [0, 0.05) is 30.8 Å². The first-order valence-corrected chi connectivity index (χ1v) is 10.2. The van der Waals surface area contributed by atoms with Gasteiger partial charge in [-0.15, -0.1) is 0 Å². The third kappa shape index (κ3) is 3.91. The first kappa shape index (κ1) is 19.0. The molecule has 2 heterocycles. The Morgan fingerprint density at radius 3 is 3.00 bits per heavy atom. The van der Waals surface area contributed by atoms with Gasteiger partial charge in [0.25, 0.3) is 0 Å². The molecule has 2 atom stereocenters. The Bertz CT molecular complexity index is 827. The molecule has 2 N–H and O–H groups in total. The Labute approximate surface area is 167 Å². The first-order chi connectivity index (χ1) is 13.6. The van der Waals surface area contributed by atoms with Crippen LogP contribution in [-0.4, -0.2) is 55.0 Å². The Kier molecular flexibility index (Phi) is 5.64. The highest BCUT2D eigenvalue weighted by molar-refractivity contribution is 5.77. The van der Waals surface area contributed by atoms with Crippen molar-refractivity contribution in [3.8, 4) is 0 Å². The van der Waals surface area contributed by atoms with E-state index in [4.69, 9.17) is 10.5 Å². The van der Waals surface area contributed by atoms with Crippen LogP contribution in [0, 0.1) is 5.92 Å². The van der Waals surface area contributed by atoms with E-state index >= 15 is 0 Å². The number of fused-ring (bicyclic) bond motifs is 2. The van der Waals surface area contributed by atoms with Crippen LogP contribution in [0.3, 0.4) is 0 Å². The lowest BCUT2D eigenvalue weighted by Crippen LogP contribution is -2.42. The van der Waals surface area contributed by atoms with Crippen molar-refractivity contribution >= 4 is 11.7 Å². The summed E-state index contributed by atoms with van der Waals surface area (Å²) < 4.78 is 6.42. The second kappa shape index (κ2) is 8.33. The zero-order valence-electron chi connectivity index (χ0n) is 16.5. The maximum absolute atomic E-state index is 11.5. The average molecular weight is 380 g/mol. The monoisotopic (exact) mass is 379 g/mol. The number of nitrogens with two attached hydrogens (primary N) is 1. The standard InChI is InChI=1S/C23H29N3O2/c1-25-15-17-7-2-3-9-19(17)22(20-10-4-5-11-21(20)25)28-14-13-26-12-6-8-18(16-26)23(24)27/h2-5,7,9-11,18,21H,6,8,12-16H2,1H3,(H2,24,27). The summed E-state index contributed by atoms with van der Waals surface area (Å²) in [6.07, 6.45) is 10.5. The van der Waals surface area contributed by atoms with Gasteiger partial charge in [0.15, 0.2) is 0 Å². The lowest BCUT2D eigenvalue weighted by atomic mass is 9.97. The second-order valence-corrected chi connectivity index (χ2v) is 7.94. The number of rotatable bonds is 5. The maximum Gasteiger partial charge on any atom is 0.221 e. The molecule has 0 saturated carbocycles. The van der Waals surface area contributed by atoms with Gasteiger partial charge in [-0.3, -0.25) is 14.6 Å². The number of nitrogens with zero attached hydrogens (tertiary/aromatic N) is 2. The SMILES string of the molecule is CN1Cc2ccccc2C(OCCN2CCCC(C(N)=O)C2)=C2C=CC=CC21. The Morgan fingerprint density at radius 1 is 1.29 bits per heavy atom. The van der Waals surface area contributed by atoms with E-state index in [1.165, 1.54) is 16.7 Å². The van der Waals surface area contributed by atoms with Gasteiger partial charge in [0.05, 0.1) is 12.0 Å². The number of primary amides is 1. The number of hydrogen-bond donors (Lipinski definition) is 1. The molecule has 1 fully saturated rings. The predicted molar refractivity (Wildman–Crippen MR) is 111 cm³/mol. The lowest BCUT2D eigenvalue weighted by molar-refractivity contribution is -0.123. The van der Waals surface area contributed by atoms with Gasteiger partial charge in [-0.25, -0.2) is 0 Å².